The minimum absolute atomic E-state index is 0.0185. The Morgan fingerprint density at radius 3 is 2.32 bits per heavy atom. The largest absolute Gasteiger partial charge is 0.497 e. The monoisotopic (exact) mass is 267 g/mol. The van der Waals surface area contributed by atoms with Crippen molar-refractivity contribution in [2.24, 2.45) is 5.73 Å². The minimum atomic E-state index is -0.101. The molecule has 1 aromatic rings. The summed E-state index contributed by atoms with van der Waals surface area (Å²) in [7, 11) is 1.66. The van der Waals surface area contributed by atoms with Crippen LogP contribution in [-0.4, -0.2) is 33.0 Å². The van der Waals surface area contributed by atoms with E-state index in [0.29, 0.717) is 19.8 Å². The van der Waals surface area contributed by atoms with Crippen molar-refractivity contribution in [3.05, 3.63) is 29.8 Å². The van der Waals surface area contributed by atoms with Crippen molar-refractivity contribution in [1.82, 2.24) is 0 Å². The Balaban J connectivity index is 2.66. The lowest BCUT2D eigenvalue weighted by Crippen LogP contribution is -2.30. The summed E-state index contributed by atoms with van der Waals surface area (Å²) in [5, 5.41) is 0. The van der Waals surface area contributed by atoms with Gasteiger partial charge in [0.05, 0.1) is 26.4 Å². The van der Waals surface area contributed by atoms with Crippen LogP contribution in [0.25, 0.3) is 0 Å². The maximum atomic E-state index is 6.14. The first kappa shape index (κ1) is 16.0. The summed E-state index contributed by atoms with van der Waals surface area (Å²) in [4.78, 5) is 0. The molecule has 0 aliphatic carbocycles. The van der Waals surface area contributed by atoms with E-state index in [9.17, 15) is 0 Å². The van der Waals surface area contributed by atoms with Crippen LogP contribution in [-0.2, 0) is 9.47 Å². The Kier molecular flexibility index (Phi) is 7.48. The molecule has 108 valence electrons. The van der Waals surface area contributed by atoms with Gasteiger partial charge in [-0.15, -0.1) is 0 Å². The predicted octanol–water partition coefficient (Wildman–Crippen LogP) is 2.53. The molecule has 4 heteroatoms. The number of methoxy groups -OCH3 is 1. The Morgan fingerprint density at radius 2 is 1.79 bits per heavy atom. The first-order valence-electron chi connectivity index (χ1n) is 6.81. The minimum Gasteiger partial charge on any atom is -0.497 e. The predicted molar refractivity (Wildman–Crippen MR) is 76.4 cm³/mol. The van der Waals surface area contributed by atoms with Gasteiger partial charge >= 0.3 is 0 Å². The van der Waals surface area contributed by atoms with Gasteiger partial charge in [0.2, 0.25) is 0 Å². The summed E-state index contributed by atoms with van der Waals surface area (Å²) >= 11 is 0. The lowest BCUT2D eigenvalue weighted by Gasteiger charge is -2.24. The van der Waals surface area contributed by atoms with Crippen LogP contribution in [0, 0.1) is 0 Å². The molecule has 1 aromatic carbocycles. The average molecular weight is 267 g/mol. The van der Waals surface area contributed by atoms with Crippen LogP contribution in [0.4, 0.5) is 0 Å². The van der Waals surface area contributed by atoms with Crippen LogP contribution in [0.1, 0.15) is 31.9 Å². The number of benzene rings is 1. The van der Waals surface area contributed by atoms with E-state index in [0.717, 1.165) is 17.7 Å². The highest BCUT2D eigenvalue weighted by molar-refractivity contribution is 5.29. The molecule has 2 N–H and O–H groups in total. The first-order valence-corrected chi connectivity index (χ1v) is 6.81. The fourth-order valence-corrected chi connectivity index (χ4v) is 1.85. The van der Waals surface area contributed by atoms with Crippen molar-refractivity contribution in [2.75, 3.05) is 26.9 Å². The highest BCUT2D eigenvalue weighted by Crippen LogP contribution is 2.24. The van der Waals surface area contributed by atoms with Crippen molar-refractivity contribution in [3.8, 4) is 5.75 Å². The van der Waals surface area contributed by atoms with E-state index >= 15 is 0 Å². The van der Waals surface area contributed by atoms with Gasteiger partial charge in [0.25, 0.3) is 0 Å². The summed E-state index contributed by atoms with van der Waals surface area (Å²) in [6.45, 7) is 5.89. The molecule has 0 amide bonds. The Morgan fingerprint density at radius 1 is 1.11 bits per heavy atom. The number of nitrogens with two attached hydrogens (primary N) is 1. The Hall–Kier alpha value is -1.10. The van der Waals surface area contributed by atoms with Crippen LogP contribution in [0.5, 0.6) is 5.75 Å². The molecule has 0 saturated heterocycles. The van der Waals surface area contributed by atoms with E-state index in [-0.39, 0.29) is 12.1 Å². The van der Waals surface area contributed by atoms with Gasteiger partial charge in [0.1, 0.15) is 5.75 Å². The third-order valence-electron chi connectivity index (χ3n) is 3.03. The van der Waals surface area contributed by atoms with E-state index in [2.05, 4.69) is 6.92 Å². The lowest BCUT2D eigenvalue weighted by molar-refractivity contribution is -0.00550. The summed E-state index contributed by atoms with van der Waals surface area (Å²) in [6, 6.07) is 7.84. The lowest BCUT2D eigenvalue weighted by atomic mass is 10.0. The fraction of sp³-hybridized carbons (Fsp3) is 0.600. The second-order valence-corrected chi connectivity index (χ2v) is 4.33. The highest BCUT2D eigenvalue weighted by atomic mass is 16.5. The van der Waals surface area contributed by atoms with Gasteiger partial charge in [0, 0.05) is 12.6 Å². The van der Waals surface area contributed by atoms with Gasteiger partial charge in [0.15, 0.2) is 0 Å². The van der Waals surface area contributed by atoms with Crippen molar-refractivity contribution in [1.29, 1.82) is 0 Å². The smallest absolute Gasteiger partial charge is 0.118 e. The topological polar surface area (TPSA) is 53.7 Å². The molecular formula is C15H25NO3. The zero-order chi connectivity index (χ0) is 14.1. The molecule has 0 radical (unpaired) electrons. The van der Waals surface area contributed by atoms with Crippen molar-refractivity contribution in [2.45, 2.75) is 32.4 Å². The van der Waals surface area contributed by atoms with E-state index in [1.54, 1.807) is 7.11 Å². The molecular weight excluding hydrogens is 242 g/mol. The van der Waals surface area contributed by atoms with E-state index < -0.39 is 0 Å². The van der Waals surface area contributed by atoms with E-state index in [4.69, 9.17) is 19.9 Å². The van der Waals surface area contributed by atoms with Gasteiger partial charge in [-0.05, 0) is 31.0 Å². The first-order chi connectivity index (χ1) is 9.22. The van der Waals surface area contributed by atoms with Crippen molar-refractivity contribution in [3.63, 3.8) is 0 Å². The zero-order valence-electron chi connectivity index (χ0n) is 12.1. The molecule has 0 spiro atoms. The SMILES string of the molecule is CCOCCOC(c1ccc(OC)cc1)C(N)CC. The van der Waals surface area contributed by atoms with Crippen LogP contribution < -0.4 is 10.5 Å². The molecule has 0 fully saturated rings. The van der Waals surface area contributed by atoms with Gasteiger partial charge in [-0.2, -0.15) is 0 Å². The highest BCUT2D eigenvalue weighted by Gasteiger charge is 2.19. The third kappa shape index (κ3) is 5.19. The van der Waals surface area contributed by atoms with Crippen molar-refractivity contribution < 1.29 is 14.2 Å². The van der Waals surface area contributed by atoms with Crippen LogP contribution >= 0.6 is 0 Å². The number of hydrogen-bond acceptors (Lipinski definition) is 4. The molecule has 0 bridgehead atoms. The second-order valence-electron chi connectivity index (χ2n) is 4.33. The molecule has 0 aliphatic rings. The molecule has 0 aliphatic heterocycles. The maximum absolute atomic E-state index is 6.14. The summed E-state index contributed by atoms with van der Waals surface area (Å²) in [5.41, 5.74) is 7.21. The Bertz CT molecular complexity index is 340. The average Bonchev–Trinajstić information content (AvgIpc) is 2.47. The summed E-state index contributed by atoms with van der Waals surface area (Å²) < 4.78 is 16.3. The summed E-state index contributed by atoms with van der Waals surface area (Å²) in [5.74, 6) is 0.835. The quantitative estimate of drug-likeness (QED) is 0.699. The normalized spacial score (nSPS) is 14.1. The van der Waals surface area contributed by atoms with Crippen molar-refractivity contribution >= 4 is 0 Å². The standard InChI is InChI=1S/C15H25NO3/c1-4-14(16)15(19-11-10-18-5-2)12-6-8-13(17-3)9-7-12/h6-9,14-15H,4-5,10-11,16H2,1-3H3. The Labute approximate surface area is 115 Å². The van der Waals surface area contributed by atoms with Gasteiger partial charge in [-0.1, -0.05) is 19.1 Å². The second kappa shape index (κ2) is 8.91. The summed E-state index contributed by atoms with van der Waals surface area (Å²) in [6.07, 6.45) is 0.766. The molecule has 2 unspecified atom stereocenters. The molecule has 0 saturated carbocycles. The van der Waals surface area contributed by atoms with Crippen LogP contribution in [0.2, 0.25) is 0 Å². The van der Waals surface area contributed by atoms with Gasteiger partial charge in [-0.3, -0.25) is 0 Å². The van der Waals surface area contributed by atoms with Gasteiger partial charge in [-0.25, -0.2) is 0 Å². The maximum Gasteiger partial charge on any atom is 0.118 e. The molecule has 0 heterocycles. The molecule has 0 aromatic heterocycles. The third-order valence-corrected chi connectivity index (χ3v) is 3.03. The van der Waals surface area contributed by atoms with Crippen LogP contribution in [0.15, 0.2) is 24.3 Å². The number of hydrogen-bond donors (Lipinski definition) is 1. The molecule has 4 nitrogen and oxygen atoms in total. The zero-order valence-corrected chi connectivity index (χ0v) is 12.1. The number of rotatable bonds is 9. The van der Waals surface area contributed by atoms with E-state index in [1.807, 2.05) is 31.2 Å². The fourth-order valence-electron chi connectivity index (χ4n) is 1.85. The van der Waals surface area contributed by atoms with E-state index in [1.165, 1.54) is 0 Å². The molecule has 2 atom stereocenters. The molecule has 19 heavy (non-hydrogen) atoms. The van der Waals surface area contributed by atoms with Gasteiger partial charge < -0.3 is 19.9 Å². The van der Waals surface area contributed by atoms with Crippen LogP contribution in [0.3, 0.4) is 0 Å². The molecule has 1 rings (SSSR count). The number of ether oxygens (including phenoxy) is 3.